The maximum Gasteiger partial charge on any atom is 0.200 e. The van der Waals surface area contributed by atoms with E-state index in [1.54, 1.807) is 10.8 Å². The molecule has 0 aliphatic carbocycles. The van der Waals surface area contributed by atoms with E-state index in [-0.39, 0.29) is 6.04 Å². The Morgan fingerprint density at radius 1 is 1.27 bits per heavy atom. The number of aryl methyl sites for hydroxylation is 2. The number of aromatic nitrogens is 5. The third-order valence-electron chi connectivity index (χ3n) is 3.69. The number of rotatable bonds is 5. The van der Waals surface area contributed by atoms with E-state index in [4.69, 9.17) is 0 Å². The number of fused-ring (bicyclic) bond motifs is 1. The van der Waals surface area contributed by atoms with Gasteiger partial charge in [-0.05, 0) is 38.0 Å². The first-order chi connectivity index (χ1) is 10.7. The summed E-state index contributed by atoms with van der Waals surface area (Å²) in [5, 5.41) is 16.1. The molecule has 6 heteroatoms. The summed E-state index contributed by atoms with van der Waals surface area (Å²) in [6.45, 7) is 6.24. The average Bonchev–Trinajstić information content (AvgIpc) is 3.00. The van der Waals surface area contributed by atoms with Crippen LogP contribution in [0.2, 0.25) is 0 Å². The third-order valence-corrected chi connectivity index (χ3v) is 3.69. The lowest BCUT2D eigenvalue weighted by Gasteiger charge is -2.18. The molecule has 114 valence electrons. The molecule has 0 spiro atoms. The van der Waals surface area contributed by atoms with E-state index < -0.39 is 0 Å². The summed E-state index contributed by atoms with van der Waals surface area (Å²) in [6.07, 6.45) is 3.42. The summed E-state index contributed by atoms with van der Waals surface area (Å²) in [6, 6.07) is 8.28. The summed E-state index contributed by atoms with van der Waals surface area (Å²) in [5.74, 6) is 0. The van der Waals surface area contributed by atoms with Gasteiger partial charge in [-0.25, -0.2) is 0 Å². The Bertz CT molecular complexity index is 779. The van der Waals surface area contributed by atoms with Gasteiger partial charge in [0.05, 0.1) is 23.1 Å². The van der Waals surface area contributed by atoms with E-state index >= 15 is 0 Å². The Kier molecular flexibility index (Phi) is 4.00. The Morgan fingerprint density at radius 3 is 2.86 bits per heavy atom. The fourth-order valence-electron chi connectivity index (χ4n) is 2.49. The quantitative estimate of drug-likeness (QED) is 0.784. The zero-order chi connectivity index (χ0) is 15.5. The lowest BCUT2D eigenvalue weighted by molar-refractivity contribution is 0.718. The molecule has 0 radical (unpaired) electrons. The monoisotopic (exact) mass is 296 g/mol. The van der Waals surface area contributed by atoms with Gasteiger partial charge >= 0.3 is 0 Å². The molecule has 6 nitrogen and oxygen atoms in total. The highest BCUT2D eigenvalue weighted by molar-refractivity contribution is 5.67. The molecular weight excluding hydrogens is 276 g/mol. The van der Waals surface area contributed by atoms with Crippen molar-refractivity contribution in [3.05, 3.63) is 47.7 Å². The smallest absolute Gasteiger partial charge is 0.200 e. The highest BCUT2D eigenvalue weighted by Crippen LogP contribution is 2.24. The van der Waals surface area contributed by atoms with E-state index in [2.05, 4.69) is 45.5 Å². The normalized spacial score (nSPS) is 12.5. The van der Waals surface area contributed by atoms with Crippen molar-refractivity contribution in [1.29, 1.82) is 0 Å². The molecule has 0 bridgehead atoms. The van der Waals surface area contributed by atoms with Gasteiger partial charge in [-0.1, -0.05) is 19.9 Å². The molecule has 0 saturated carbocycles. The van der Waals surface area contributed by atoms with E-state index in [9.17, 15) is 0 Å². The number of hydrogen-bond acceptors (Lipinski definition) is 5. The molecule has 1 N–H and O–H groups in total. The zero-order valence-corrected chi connectivity index (χ0v) is 13.1. The SMILES string of the molecule is CCc1cc(NC(CC)c2cccc(C)n2)c2nncn2n1. The average molecular weight is 296 g/mol. The lowest BCUT2D eigenvalue weighted by Crippen LogP contribution is -2.13. The minimum Gasteiger partial charge on any atom is -0.374 e. The van der Waals surface area contributed by atoms with E-state index in [1.807, 2.05) is 25.1 Å². The predicted molar refractivity (Wildman–Crippen MR) is 85.8 cm³/mol. The number of nitrogens with zero attached hydrogens (tertiary/aromatic N) is 5. The summed E-state index contributed by atoms with van der Waals surface area (Å²) < 4.78 is 1.72. The zero-order valence-electron chi connectivity index (χ0n) is 13.1. The third kappa shape index (κ3) is 2.77. The molecule has 0 aromatic carbocycles. The number of pyridine rings is 1. The largest absolute Gasteiger partial charge is 0.374 e. The van der Waals surface area contributed by atoms with Crippen molar-refractivity contribution < 1.29 is 0 Å². The number of anilines is 1. The van der Waals surface area contributed by atoms with Crippen LogP contribution in [-0.4, -0.2) is 24.8 Å². The van der Waals surface area contributed by atoms with Gasteiger partial charge in [0.25, 0.3) is 0 Å². The molecule has 3 aromatic heterocycles. The second kappa shape index (κ2) is 6.09. The van der Waals surface area contributed by atoms with Crippen molar-refractivity contribution in [3.8, 4) is 0 Å². The van der Waals surface area contributed by atoms with Crippen molar-refractivity contribution in [3.63, 3.8) is 0 Å². The fourth-order valence-corrected chi connectivity index (χ4v) is 2.49. The van der Waals surface area contributed by atoms with Crippen LogP contribution in [0.1, 0.15) is 43.4 Å². The first-order valence-corrected chi connectivity index (χ1v) is 7.61. The minimum atomic E-state index is 0.132. The predicted octanol–water partition coefficient (Wildman–Crippen LogP) is 2.95. The van der Waals surface area contributed by atoms with Crippen LogP contribution in [0.25, 0.3) is 5.65 Å². The standard InChI is InChI=1S/C16H20N6/c1-4-12-9-15(16-20-17-10-22(16)21-12)19-13(5-2)14-8-6-7-11(3)18-14/h6-10,13,19H,4-5H2,1-3H3. The summed E-state index contributed by atoms with van der Waals surface area (Å²) in [4.78, 5) is 4.63. The van der Waals surface area contributed by atoms with Crippen molar-refractivity contribution in [2.45, 2.75) is 39.7 Å². The van der Waals surface area contributed by atoms with Crippen LogP contribution in [0, 0.1) is 6.92 Å². The van der Waals surface area contributed by atoms with Gasteiger partial charge in [-0.3, -0.25) is 4.98 Å². The molecule has 0 aliphatic heterocycles. The van der Waals surface area contributed by atoms with Gasteiger partial charge in [0.15, 0.2) is 0 Å². The van der Waals surface area contributed by atoms with Crippen molar-refractivity contribution in [2.75, 3.05) is 5.32 Å². The number of nitrogens with one attached hydrogen (secondary N) is 1. The molecule has 1 atom stereocenters. The van der Waals surface area contributed by atoms with Crippen LogP contribution in [0.5, 0.6) is 0 Å². The van der Waals surface area contributed by atoms with Crippen molar-refractivity contribution >= 4 is 11.3 Å². The van der Waals surface area contributed by atoms with Crippen LogP contribution in [0.15, 0.2) is 30.6 Å². The van der Waals surface area contributed by atoms with Gasteiger partial charge in [-0.2, -0.15) is 9.61 Å². The van der Waals surface area contributed by atoms with E-state index in [0.29, 0.717) is 0 Å². The summed E-state index contributed by atoms with van der Waals surface area (Å²) >= 11 is 0. The van der Waals surface area contributed by atoms with Crippen LogP contribution < -0.4 is 5.32 Å². The topological polar surface area (TPSA) is 68.0 Å². The van der Waals surface area contributed by atoms with Crippen LogP contribution in [0.3, 0.4) is 0 Å². The maximum absolute atomic E-state index is 4.63. The maximum atomic E-state index is 4.63. The molecule has 3 aromatic rings. The van der Waals surface area contributed by atoms with Crippen molar-refractivity contribution in [1.82, 2.24) is 24.8 Å². The molecule has 0 saturated heterocycles. The van der Waals surface area contributed by atoms with E-state index in [0.717, 1.165) is 41.3 Å². The fraction of sp³-hybridized carbons (Fsp3) is 0.375. The first-order valence-electron chi connectivity index (χ1n) is 7.61. The minimum absolute atomic E-state index is 0.132. The molecule has 0 amide bonds. The molecule has 3 heterocycles. The second-order valence-electron chi connectivity index (χ2n) is 5.31. The van der Waals surface area contributed by atoms with Crippen LogP contribution >= 0.6 is 0 Å². The Hall–Kier alpha value is -2.50. The first kappa shape index (κ1) is 14.4. The lowest BCUT2D eigenvalue weighted by atomic mass is 10.1. The Morgan fingerprint density at radius 2 is 2.14 bits per heavy atom. The van der Waals surface area contributed by atoms with Gasteiger partial charge in [0.1, 0.15) is 6.33 Å². The molecule has 0 fully saturated rings. The highest BCUT2D eigenvalue weighted by Gasteiger charge is 2.14. The molecule has 0 aliphatic rings. The second-order valence-corrected chi connectivity index (χ2v) is 5.31. The Balaban J connectivity index is 1.98. The van der Waals surface area contributed by atoms with Crippen LogP contribution in [-0.2, 0) is 6.42 Å². The molecule has 3 rings (SSSR count). The van der Waals surface area contributed by atoms with E-state index in [1.165, 1.54) is 0 Å². The van der Waals surface area contributed by atoms with Gasteiger partial charge < -0.3 is 5.32 Å². The molecule has 1 unspecified atom stereocenters. The summed E-state index contributed by atoms with van der Waals surface area (Å²) in [7, 11) is 0. The number of hydrogen-bond donors (Lipinski definition) is 1. The van der Waals surface area contributed by atoms with Gasteiger partial charge in [0, 0.05) is 5.69 Å². The molecule has 22 heavy (non-hydrogen) atoms. The summed E-state index contributed by atoms with van der Waals surface area (Å²) in [5.41, 5.74) is 4.74. The molecular formula is C16H20N6. The van der Waals surface area contributed by atoms with Crippen LogP contribution in [0.4, 0.5) is 5.69 Å². The highest BCUT2D eigenvalue weighted by atomic mass is 15.3. The van der Waals surface area contributed by atoms with Gasteiger partial charge in [0.2, 0.25) is 5.65 Å². The Labute approximate surface area is 129 Å². The van der Waals surface area contributed by atoms with Gasteiger partial charge in [-0.15, -0.1) is 10.2 Å². The van der Waals surface area contributed by atoms with Crippen molar-refractivity contribution in [2.24, 2.45) is 0 Å².